The third-order valence-corrected chi connectivity index (χ3v) is 2.14. The smallest absolute Gasteiger partial charge is 0.152 e. The van der Waals surface area contributed by atoms with E-state index in [2.05, 4.69) is 20.8 Å². The van der Waals surface area contributed by atoms with Crippen LogP contribution in [0.1, 0.15) is 47.5 Å². The van der Waals surface area contributed by atoms with Gasteiger partial charge in [-0.3, -0.25) is 4.79 Å². The van der Waals surface area contributed by atoms with E-state index in [0.29, 0.717) is 0 Å². The van der Waals surface area contributed by atoms with Crippen molar-refractivity contribution in [1.29, 1.82) is 0 Å². The van der Waals surface area contributed by atoms with Gasteiger partial charge in [-0.1, -0.05) is 34.6 Å². The topological polar surface area (TPSA) is 43.1 Å². The molecular weight excluding hydrogens is 162 g/mol. The standard InChI is InChI=1S/C11H23NO/c1-8(2)10(13)9(12)6-7-11(3,4)5/h8-9H,6-7,12H2,1-5H3/t9-/m0/s1. The molecule has 0 saturated heterocycles. The quantitative estimate of drug-likeness (QED) is 0.730. The number of hydrogen-bond donors (Lipinski definition) is 1. The summed E-state index contributed by atoms with van der Waals surface area (Å²) in [4.78, 5) is 11.4. The number of nitrogens with two attached hydrogens (primary N) is 1. The Bertz CT molecular complexity index is 167. The molecule has 0 aliphatic heterocycles. The molecule has 78 valence electrons. The van der Waals surface area contributed by atoms with Crippen molar-refractivity contribution in [3.05, 3.63) is 0 Å². The highest BCUT2D eigenvalue weighted by Crippen LogP contribution is 2.21. The van der Waals surface area contributed by atoms with Crippen LogP contribution in [0.4, 0.5) is 0 Å². The first-order chi connectivity index (χ1) is 5.74. The average Bonchev–Trinajstić information content (AvgIpc) is 1.97. The van der Waals surface area contributed by atoms with Gasteiger partial charge in [-0.2, -0.15) is 0 Å². The second kappa shape index (κ2) is 4.75. The van der Waals surface area contributed by atoms with Gasteiger partial charge in [-0.15, -0.1) is 0 Å². The zero-order valence-electron chi connectivity index (χ0n) is 9.55. The number of rotatable bonds is 4. The Hall–Kier alpha value is -0.370. The molecule has 0 aliphatic rings. The van der Waals surface area contributed by atoms with E-state index < -0.39 is 0 Å². The van der Waals surface area contributed by atoms with E-state index in [1.165, 1.54) is 0 Å². The van der Waals surface area contributed by atoms with Crippen LogP contribution in [0.15, 0.2) is 0 Å². The summed E-state index contributed by atoms with van der Waals surface area (Å²) in [5.41, 5.74) is 6.05. The summed E-state index contributed by atoms with van der Waals surface area (Å²) < 4.78 is 0. The highest BCUT2D eigenvalue weighted by molar-refractivity contribution is 5.85. The molecule has 0 rings (SSSR count). The van der Waals surface area contributed by atoms with Crippen LogP contribution >= 0.6 is 0 Å². The molecule has 0 saturated carbocycles. The van der Waals surface area contributed by atoms with E-state index in [-0.39, 0.29) is 23.2 Å². The van der Waals surface area contributed by atoms with Gasteiger partial charge in [0.1, 0.15) is 0 Å². The fourth-order valence-corrected chi connectivity index (χ4v) is 1.16. The van der Waals surface area contributed by atoms with Gasteiger partial charge in [-0.25, -0.2) is 0 Å². The van der Waals surface area contributed by atoms with E-state index >= 15 is 0 Å². The maximum Gasteiger partial charge on any atom is 0.152 e. The lowest BCUT2D eigenvalue weighted by Gasteiger charge is -2.21. The van der Waals surface area contributed by atoms with Crippen molar-refractivity contribution in [1.82, 2.24) is 0 Å². The Morgan fingerprint density at radius 3 is 2.08 bits per heavy atom. The molecule has 1 atom stereocenters. The number of hydrogen-bond acceptors (Lipinski definition) is 2. The van der Waals surface area contributed by atoms with Crippen molar-refractivity contribution in [3.63, 3.8) is 0 Å². The molecule has 0 bridgehead atoms. The first kappa shape index (κ1) is 12.6. The SMILES string of the molecule is CC(C)C(=O)[C@@H](N)CCC(C)(C)C. The number of carbonyl (C=O) groups is 1. The Morgan fingerprint density at radius 1 is 1.31 bits per heavy atom. The first-order valence-electron chi connectivity index (χ1n) is 5.03. The fraction of sp³-hybridized carbons (Fsp3) is 0.909. The largest absolute Gasteiger partial charge is 0.321 e. The molecule has 0 aromatic rings. The second-order valence-corrected chi connectivity index (χ2v) is 5.26. The molecule has 2 N–H and O–H groups in total. The molecule has 0 heterocycles. The van der Waals surface area contributed by atoms with Crippen molar-refractivity contribution in [3.8, 4) is 0 Å². The molecular formula is C11H23NO. The van der Waals surface area contributed by atoms with Crippen LogP contribution in [0.3, 0.4) is 0 Å². The zero-order chi connectivity index (χ0) is 10.6. The van der Waals surface area contributed by atoms with Crippen molar-refractivity contribution < 1.29 is 4.79 Å². The Labute approximate surface area is 81.9 Å². The average molecular weight is 185 g/mol. The molecule has 0 aromatic carbocycles. The minimum atomic E-state index is -0.265. The maximum atomic E-state index is 11.4. The highest BCUT2D eigenvalue weighted by atomic mass is 16.1. The van der Waals surface area contributed by atoms with Crippen molar-refractivity contribution in [2.24, 2.45) is 17.1 Å². The van der Waals surface area contributed by atoms with E-state index in [1.807, 2.05) is 13.8 Å². The van der Waals surface area contributed by atoms with Crippen LogP contribution in [0.25, 0.3) is 0 Å². The molecule has 0 radical (unpaired) electrons. The van der Waals surface area contributed by atoms with Crippen LogP contribution in [0.5, 0.6) is 0 Å². The summed E-state index contributed by atoms with van der Waals surface area (Å²) in [5, 5.41) is 0. The van der Waals surface area contributed by atoms with Gasteiger partial charge >= 0.3 is 0 Å². The predicted octanol–water partition coefficient (Wildman–Crippen LogP) is 2.37. The van der Waals surface area contributed by atoms with Gasteiger partial charge in [0, 0.05) is 5.92 Å². The van der Waals surface area contributed by atoms with Gasteiger partial charge in [0.25, 0.3) is 0 Å². The molecule has 0 fully saturated rings. The van der Waals surface area contributed by atoms with Gasteiger partial charge in [0.2, 0.25) is 0 Å². The van der Waals surface area contributed by atoms with Crippen molar-refractivity contribution in [2.75, 3.05) is 0 Å². The summed E-state index contributed by atoms with van der Waals surface area (Å²) in [7, 11) is 0. The lowest BCUT2D eigenvalue weighted by atomic mass is 9.87. The molecule has 0 spiro atoms. The molecule has 0 aliphatic carbocycles. The molecule has 0 aromatic heterocycles. The normalized spacial score (nSPS) is 14.7. The summed E-state index contributed by atoms with van der Waals surface area (Å²) in [6.07, 6.45) is 1.81. The lowest BCUT2D eigenvalue weighted by Crippen LogP contribution is -2.34. The summed E-state index contributed by atoms with van der Waals surface area (Å²) in [6.45, 7) is 10.3. The second-order valence-electron chi connectivity index (χ2n) is 5.26. The third-order valence-electron chi connectivity index (χ3n) is 2.14. The molecule has 0 amide bonds. The first-order valence-corrected chi connectivity index (χ1v) is 5.03. The van der Waals surface area contributed by atoms with Crippen LogP contribution in [-0.2, 0) is 4.79 Å². The molecule has 0 unspecified atom stereocenters. The van der Waals surface area contributed by atoms with E-state index in [0.717, 1.165) is 12.8 Å². The summed E-state index contributed by atoms with van der Waals surface area (Å²) >= 11 is 0. The highest BCUT2D eigenvalue weighted by Gasteiger charge is 2.19. The van der Waals surface area contributed by atoms with Crippen LogP contribution in [-0.4, -0.2) is 11.8 Å². The van der Waals surface area contributed by atoms with Crippen LogP contribution in [0, 0.1) is 11.3 Å². The molecule has 2 nitrogen and oxygen atoms in total. The van der Waals surface area contributed by atoms with Gasteiger partial charge in [-0.05, 0) is 18.3 Å². The summed E-state index contributed by atoms with van der Waals surface area (Å²) in [5.74, 6) is 0.249. The molecule has 2 heteroatoms. The minimum absolute atomic E-state index is 0.0648. The maximum absolute atomic E-state index is 11.4. The predicted molar refractivity (Wildman–Crippen MR) is 56.5 cm³/mol. The van der Waals surface area contributed by atoms with Crippen LogP contribution in [0.2, 0.25) is 0 Å². The van der Waals surface area contributed by atoms with E-state index in [9.17, 15) is 4.79 Å². The van der Waals surface area contributed by atoms with Gasteiger partial charge < -0.3 is 5.73 Å². The third kappa shape index (κ3) is 5.81. The number of ketones is 1. The van der Waals surface area contributed by atoms with E-state index in [1.54, 1.807) is 0 Å². The Morgan fingerprint density at radius 2 is 1.77 bits per heavy atom. The van der Waals surface area contributed by atoms with E-state index in [4.69, 9.17) is 5.73 Å². The zero-order valence-corrected chi connectivity index (χ0v) is 9.55. The lowest BCUT2D eigenvalue weighted by molar-refractivity contribution is -0.123. The summed E-state index contributed by atoms with van der Waals surface area (Å²) in [6, 6.07) is -0.265. The van der Waals surface area contributed by atoms with Crippen LogP contribution < -0.4 is 5.73 Å². The van der Waals surface area contributed by atoms with Gasteiger partial charge in [0.15, 0.2) is 5.78 Å². The monoisotopic (exact) mass is 185 g/mol. The van der Waals surface area contributed by atoms with Crippen molar-refractivity contribution in [2.45, 2.75) is 53.5 Å². The molecule has 13 heavy (non-hydrogen) atoms. The number of Topliss-reactive ketones (excluding diaryl/α,β-unsaturated/α-hetero) is 1. The van der Waals surface area contributed by atoms with Crippen molar-refractivity contribution >= 4 is 5.78 Å². The minimum Gasteiger partial charge on any atom is -0.321 e. The Kier molecular flexibility index (Phi) is 4.62. The fourth-order valence-electron chi connectivity index (χ4n) is 1.16. The number of carbonyl (C=O) groups excluding carboxylic acids is 1. The Balaban J connectivity index is 3.88. The van der Waals surface area contributed by atoms with Gasteiger partial charge in [0.05, 0.1) is 6.04 Å².